The van der Waals surface area contributed by atoms with Crippen LogP contribution in [0.15, 0.2) is 17.2 Å². The molecule has 0 saturated heterocycles. The molecule has 1 aromatic carbocycles. The number of benzene rings is 1. The Morgan fingerprint density at radius 1 is 1.56 bits per heavy atom. The predicted molar refractivity (Wildman–Crippen MR) is 67.5 cm³/mol. The van der Waals surface area contributed by atoms with Crippen molar-refractivity contribution >= 4 is 11.9 Å². The number of ether oxygens (including phenoxy) is 2. The first-order chi connectivity index (χ1) is 8.63. The molecule has 0 aliphatic carbocycles. The van der Waals surface area contributed by atoms with Crippen LogP contribution in [0.3, 0.4) is 0 Å². The fourth-order valence-electron chi connectivity index (χ4n) is 1.43. The summed E-state index contributed by atoms with van der Waals surface area (Å²) in [5.74, 6) is 0.440. The maximum absolute atomic E-state index is 11.0. The molecule has 0 fully saturated rings. The normalized spacial score (nSPS) is 10.4. The Balaban J connectivity index is 3.33. The molecule has 1 N–H and O–H groups in total. The van der Waals surface area contributed by atoms with E-state index in [0.29, 0.717) is 17.9 Å². The van der Waals surface area contributed by atoms with Crippen molar-refractivity contribution in [1.29, 1.82) is 0 Å². The van der Waals surface area contributed by atoms with E-state index < -0.39 is 4.92 Å². The third-order valence-corrected chi connectivity index (χ3v) is 2.10. The van der Waals surface area contributed by atoms with Crippen LogP contribution in [0.5, 0.6) is 11.5 Å². The molecule has 0 bridgehead atoms. The highest BCUT2D eigenvalue weighted by molar-refractivity contribution is 5.83. The van der Waals surface area contributed by atoms with Gasteiger partial charge in [0.1, 0.15) is 0 Å². The minimum atomic E-state index is -0.516. The summed E-state index contributed by atoms with van der Waals surface area (Å²) in [4.78, 5) is 10.5. The first-order valence-corrected chi connectivity index (χ1v) is 5.33. The fourth-order valence-corrected chi connectivity index (χ4v) is 1.43. The van der Waals surface area contributed by atoms with Gasteiger partial charge in [0.2, 0.25) is 5.75 Å². The van der Waals surface area contributed by atoms with Crippen LogP contribution in [0.2, 0.25) is 0 Å². The summed E-state index contributed by atoms with van der Waals surface area (Å²) >= 11 is 0. The number of hydrogen-bond donors (Lipinski definition) is 1. The van der Waals surface area contributed by atoms with Gasteiger partial charge in [0.05, 0.1) is 24.9 Å². The van der Waals surface area contributed by atoms with Crippen LogP contribution in [0, 0.1) is 10.1 Å². The Kier molecular flexibility index (Phi) is 4.91. The first-order valence-electron chi connectivity index (χ1n) is 5.33. The monoisotopic (exact) mass is 253 g/mol. The van der Waals surface area contributed by atoms with Crippen LogP contribution >= 0.6 is 0 Å². The maximum atomic E-state index is 11.0. The summed E-state index contributed by atoms with van der Waals surface area (Å²) in [6.07, 6.45) is 1.47. The number of nitro benzene ring substituents is 1. The summed E-state index contributed by atoms with van der Waals surface area (Å²) in [6, 6.07) is 3.01. The second-order valence-electron chi connectivity index (χ2n) is 3.24. The molecule has 0 heterocycles. The lowest BCUT2D eigenvalue weighted by molar-refractivity contribution is -0.385. The number of hydrazone groups is 1. The Bertz CT molecular complexity index is 460. The highest BCUT2D eigenvalue weighted by Gasteiger charge is 2.21. The Morgan fingerprint density at radius 3 is 2.78 bits per heavy atom. The molecule has 1 rings (SSSR count). The zero-order valence-electron chi connectivity index (χ0n) is 10.5. The van der Waals surface area contributed by atoms with Crippen LogP contribution in [-0.4, -0.2) is 31.9 Å². The lowest BCUT2D eigenvalue weighted by Gasteiger charge is -2.10. The number of rotatable bonds is 6. The third-order valence-electron chi connectivity index (χ3n) is 2.10. The molecule has 0 aromatic heterocycles. The van der Waals surface area contributed by atoms with Crippen LogP contribution < -0.4 is 14.9 Å². The molecule has 0 atom stereocenters. The molecule has 0 unspecified atom stereocenters. The van der Waals surface area contributed by atoms with Crippen molar-refractivity contribution in [3.63, 3.8) is 0 Å². The number of methoxy groups -OCH3 is 1. The van der Waals surface area contributed by atoms with Gasteiger partial charge in [0.25, 0.3) is 0 Å². The second-order valence-corrected chi connectivity index (χ2v) is 3.24. The van der Waals surface area contributed by atoms with Crippen LogP contribution in [0.25, 0.3) is 0 Å². The molecule has 0 radical (unpaired) electrons. The molecular weight excluding hydrogens is 238 g/mol. The highest BCUT2D eigenvalue weighted by Crippen LogP contribution is 2.37. The van der Waals surface area contributed by atoms with E-state index in [4.69, 9.17) is 9.47 Å². The van der Waals surface area contributed by atoms with Crippen molar-refractivity contribution in [2.45, 2.75) is 6.92 Å². The molecule has 7 nitrogen and oxygen atoms in total. The largest absolute Gasteiger partial charge is 0.490 e. The number of nitrogens with zero attached hydrogens (tertiary/aromatic N) is 2. The van der Waals surface area contributed by atoms with E-state index in [0.717, 1.165) is 0 Å². The molecular formula is C11H15N3O4. The average Bonchev–Trinajstić information content (AvgIpc) is 2.36. The van der Waals surface area contributed by atoms with Crippen molar-refractivity contribution in [1.82, 2.24) is 5.43 Å². The van der Waals surface area contributed by atoms with Gasteiger partial charge in [0, 0.05) is 18.7 Å². The van der Waals surface area contributed by atoms with Gasteiger partial charge in [-0.15, -0.1) is 0 Å². The van der Waals surface area contributed by atoms with E-state index in [9.17, 15) is 10.1 Å². The third kappa shape index (κ3) is 3.09. The fraction of sp³-hybridized carbons (Fsp3) is 0.364. The zero-order valence-corrected chi connectivity index (χ0v) is 10.5. The summed E-state index contributed by atoms with van der Waals surface area (Å²) in [5, 5.41) is 14.8. The molecule has 0 amide bonds. The van der Waals surface area contributed by atoms with Gasteiger partial charge in [0.15, 0.2) is 5.75 Å². The van der Waals surface area contributed by atoms with E-state index in [2.05, 4.69) is 10.5 Å². The van der Waals surface area contributed by atoms with Crippen LogP contribution in [0.4, 0.5) is 5.69 Å². The quantitative estimate of drug-likeness (QED) is 0.472. The number of hydrogen-bond acceptors (Lipinski definition) is 6. The topological polar surface area (TPSA) is 86.0 Å². The van der Waals surface area contributed by atoms with Crippen molar-refractivity contribution in [2.24, 2.45) is 5.10 Å². The molecule has 0 spiro atoms. The molecule has 0 saturated carbocycles. The Labute approximate surface area is 105 Å². The Morgan fingerprint density at radius 2 is 2.28 bits per heavy atom. The van der Waals surface area contributed by atoms with Crippen LogP contribution in [-0.2, 0) is 0 Å². The smallest absolute Gasteiger partial charge is 0.315 e. The van der Waals surface area contributed by atoms with Crippen molar-refractivity contribution in [2.75, 3.05) is 20.8 Å². The van der Waals surface area contributed by atoms with E-state index in [-0.39, 0.29) is 11.4 Å². The van der Waals surface area contributed by atoms with Crippen molar-refractivity contribution in [3.8, 4) is 11.5 Å². The summed E-state index contributed by atoms with van der Waals surface area (Å²) in [7, 11) is 3.00. The average molecular weight is 253 g/mol. The summed E-state index contributed by atoms with van der Waals surface area (Å²) in [6.45, 7) is 2.18. The van der Waals surface area contributed by atoms with Gasteiger partial charge in [-0.25, -0.2) is 0 Å². The lowest BCUT2D eigenvalue weighted by atomic mass is 10.2. The lowest BCUT2D eigenvalue weighted by Crippen LogP contribution is -2.02. The molecule has 7 heteroatoms. The van der Waals surface area contributed by atoms with Crippen molar-refractivity contribution < 1.29 is 14.4 Å². The first kappa shape index (κ1) is 13.8. The van der Waals surface area contributed by atoms with Crippen molar-refractivity contribution in [3.05, 3.63) is 27.8 Å². The van der Waals surface area contributed by atoms with Gasteiger partial charge in [-0.1, -0.05) is 0 Å². The van der Waals surface area contributed by atoms with Gasteiger partial charge in [-0.05, 0) is 13.0 Å². The van der Waals surface area contributed by atoms with E-state index in [1.807, 2.05) is 0 Å². The molecule has 1 aromatic rings. The molecule has 0 aliphatic heterocycles. The number of nitrogens with one attached hydrogen (secondary N) is 1. The predicted octanol–water partition coefficient (Wildman–Crippen LogP) is 1.56. The SMILES string of the molecule is CCOc1cc(/C=N/NC)cc([N+](=O)[O-])c1OC. The highest BCUT2D eigenvalue weighted by atomic mass is 16.6. The second kappa shape index (κ2) is 6.43. The summed E-state index contributed by atoms with van der Waals surface area (Å²) in [5.41, 5.74) is 2.98. The van der Waals surface area contributed by atoms with E-state index in [1.54, 1.807) is 20.0 Å². The molecule has 18 heavy (non-hydrogen) atoms. The molecule has 0 aliphatic rings. The van der Waals surface area contributed by atoms with E-state index in [1.165, 1.54) is 19.4 Å². The zero-order chi connectivity index (χ0) is 13.5. The minimum Gasteiger partial charge on any atom is -0.490 e. The standard InChI is InChI=1S/C11H15N3O4/c1-4-18-10-6-8(7-13-12-2)5-9(14(15)16)11(10)17-3/h5-7,12H,4H2,1-3H3/b13-7+. The minimum absolute atomic E-state index is 0.114. The summed E-state index contributed by atoms with van der Waals surface area (Å²) < 4.78 is 10.4. The van der Waals surface area contributed by atoms with Gasteiger partial charge >= 0.3 is 5.69 Å². The Hall–Kier alpha value is -2.31. The van der Waals surface area contributed by atoms with Gasteiger partial charge in [-0.2, -0.15) is 5.10 Å². The molecule has 98 valence electrons. The van der Waals surface area contributed by atoms with Crippen LogP contribution in [0.1, 0.15) is 12.5 Å². The van der Waals surface area contributed by atoms with E-state index >= 15 is 0 Å². The number of nitro groups is 1. The van der Waals surface area contributed by atoms with Gasteiger partial charge < -0.3 is 14.9 Å². The van der Waals surface area contributed by atoms with Gasteiger partial charge in [-0.3, -0.25) is 10.1 Å². The maximum Gasteiger partial charge on any atom is 0.315 e.